The van der Waals surface area contributed by atoms with Crippen LogP contribution in [0.1, 0.15) is 79.7 Å². The van der Waals surface area contributed by atoms with Crippen LogP contribution in [0.4, 0.5) is 0 Å². The minimum absolute atomic E-state index is 0. The van der Waals surface area contributed by atoms with E-state index < -0.39 is 0 Å². The fraction of sp³-hybridized carbons (Fsp3) is 0.423. The Balaban J connectivity index is 0.00000267. The van der Waals surface area contributed by atoms with E-state index in [-0.39, 0.29) is 42.5 Å². The maximum absolute atomic E-state index is 11.8. The Hall–Kier alpha value is -3.15. The van der Waals surface area contributed by atoms with Crippen LogP contribution in [0, 0.1) is 0 Å². The molecule has 0 atom stereocenters. The van der Waals surface area contributed by atoms with E-state index >= 15 is 0 Å². The fourth-order valence-electron chi connectivity index (χ4n) is 4.12. The molecule has 0 amide bonds. The molecule has 0 bridgehead atoms. The normalized spacial score (nSPS) is 10.8. The van der Waals surface area contributed by atoms with Crippen LogP contribution in [0.5, 0.6) is 11.5 Å². The topological polar surface area (TPSA) is 145 Å². The molecule has 12 heteroatoms. The third-order valence-electron chi connectivity index (χ3n) is 6.08. The zero-order valence-electron chi connectivity index (χ0n) is 23.2. The molecule has 2 heterocycles. The number of H-pyrrole nitrogens is 1. The molecule has 2 aromatic heterocycles. The summed E-state index contributed by atoms with van der Waals surface area (Å²) in [4.78, 5) is 13.4. The average molecular weight is 529 g/mol. The van der Waals surface area contributed by atoms with Crippen molar-refractivity contribution in [3.63, 3.8) is 0 Å². The number of rotatable bonds is 14. The minimum atomic E-state index is -0.149. The molecule has 0 aliphatic heterocycles. The van der Waals surface area contributed by atoms with E-state index in [1.165, 1.54) is 6.92 Å². The van der Waals surface area contributed by atoms with Crippen LogP contribution in [0.3, 0.4) is 0 Å². The first-order chi connectivity index (χ1) is 18.0. The van der Waals surface area contributed by atoms with Crippen molar-refractivity contribution in [2.45, 2.75) is 71.9 Å². The predicted molar refractivity (Wildman–Crippen MR) is 136 cm³/mol. The summed E-state index contributed by atoms with van der Waals surface area (Å²) in [6.07, 6.45) is 5.89. The summed E-state index contributed by atoms with van der Waals surface area (Å²) in [5, 5.41) is 37.3. The first-order valence-electron chi connectivity index (χ1n) is 12.6. The van der Waals surface area contributed by atoms with Gasteiger partial charge in [0.15, 0.2) is 17.4 Å². The quantitative estimate of drug-likeness (QED) is 0.138. The number of nitrogens with zero attached hydrogens (tertiary/aromatic N) is 7. The van der Waals surface area contributed by atoms with Crippen LogP contribution >= 0.6 is 0 Å². The number of aromatic hydroxyl groups is 1. The summed E-state index contributed by atoms with van der Waals surface area (Å²) >= 11 is 0. The zero-order valence-corrected chi connectivity index (χ0v) is 24.2. The van der Waals surface area contributed by atoms with Gasteiger partial charge in [0.1, 0.15) is 18.1 Å². The molecule has 38 heavy (non-hydrogen) atoms. The number of hydrogen-bond acceptors (Lipinski definition) is 9. The Labute approximate surface area is 245 Å². The number of nitrogens with one attached hydrogen (secondary N) is 1. The number of tetrazole rings is 2. The Morgan fingerprint density at radius 3 is 2.58 bits per heavy atom. The fourth-order valence-corrected chi connectivity index (χ4v) is 4.12. The first kappa shape index (κ1) is 29.4. The van der Waals surface area contributed by atoms with Crippen LogP contribution in [-0.2, 0) is 32.4 Å². The number of Topliss-reactive ketones (excluding diaryl/α,β-unsaturated/α-hetero) is 1. The molecule has 0 saturated carbocycles. The van der Waals surface area contributed by atoms with Gasteiger partial charge in [0.2, 0.25) is 0 Å². The van der Waals surface area contributed by atoms with Gasteiger partial charge in [-0.15, -0.1) is 20.4 Å². The third kappa shape index (κ3) is 8.17. The van der Waals surface area contributed by atoms with Gasteiger partial charge in [-0.1, -0.05) is 43.2 Å². The van der Waals surface area contributed by atoms with E-state index in [2.05, 4.69) is 36.0 Å². The van der Waals surface area contributed by atoms with Crippen LogP contribution in [0.2, 0.25) is 0 Å². The zero-order chi connectivity index (χ0) is 26.0. The van der Waals surface area contributed by atoms with Crippen LogP contribution in [0.25, 0.3) is 0 Å². The van der Waals surface area contributed by atoms with Crippen LogP contribution in [0.15, 0.2) is 36.4 Å². The van der Waals surface area contributed by atoms with Crippen molar-refractivity contribution in [3.8, 4) is 11.5 Å². The number of phenols is 1. The van der Waals surface area contributed by atoms with E-state index in [4.69, 9.17) is 4.74 Å². The maximum atomic E-state index is 11.8. The van der Waals surface area contributed by atoms with Crippen molar-refractivity contribution in [1.29, 1.82) is 0 Å². The summed E-state index contributed by atoms with van der Waals surface area (Å²) < 4.78 is 5.97. The van der Waals surface area contributed by atoms with E-state index in [1.54, 1.807) is 10.9 Å². The summed E-state index contributed by atoms with van der Waals surface area (Å²) in [6.45, 7) is 4.53. The van der Waals surface area contributed by atoms with Gasteiger partial charge in [-0.05, 0) is 60.7 Å². The van der Waals surface area contributed by atoms with Crippen LogP contribution < -0.4 is 34.3 Å². The number of benzene rings is 2. The smallest absolute Gasteiger partial charge is 1.00 e. The summed E-state index contributed by atoms with van der Waals surface area (Å²) in [7, 11) is 0. The molecule has 2 aromatic carbocycles. The summed E-state index contributed by atoms with van der Waals surface area (Å²) in [5.74, 6) is 2.05. The molecule has 0 radical (unpaired) electrons. The van der Waals surface area contributed by atoms with Crippen molar-refractivity contribution in [2.24, 2.45) is 0 Å². The third-order valence-corrected chi connectivity index (χ3v) is 6.08. The second kappa shape index (κ2) is 14.7. The Morgan fingerprint density at radius 1 is 1.05 bits per heavy atom. The van der Waals surface area contributed by atoms with Crippen molar-refractivity contribution >= 4 is 5.78 Å². The molecule has 4 aromatic rings. The van der Waals surface area contributed by atoms with E-state index in [0.29, 0.717) is 30.8 Å². The maximum Gasteiger partial charge on any atom is 1.00 e. The van der Waals surface area contributed by atoms with Gasteiger partial charge < -0.3 is 11.3 Å². The van der Waals surface area contributed by atoms with Crippen molar-refractivity contribution in [1.82, 2.24) is 40.8 Å². The van der Waals surface area contributed by atoms with Gasteiger partial charge in [-0.3, -0.25) is 4.79 Å². The van der Waals surface area contributed by atoms with E-state index in [1.807, 2.05) is 37.3 Å². The molecule has 2 N–H and O–H groups in total. The second-order valence-electron chi connectivity index (χ2n) is 8.96. The number of aromatic amines is 1. The van der Waals surface area contributed by atoms with E-state index in [9.17, 15) is 9.90 Å². The largest absolute Gasteiger partial charge is 1.00 e. The number of aryl methyl sites for hydroxylation is 2. The van der Waals surface area contributed by atoms with E-state index in [0.717, 1.165) is 66.9 Å². The Bertz CT molecular complexity index is 1300. The van der Waals surface area contributed by atoms with Gasteiger partial charge in [0.05, 0.1) is 12.1 Å². The van der Waals surface area contributed by atoms with Gasteiger partial charge in [-0.25, -0.2) is 0 Å². The molecule has 0 aliphatic rings. The molecule has 4 rings (SSSR count). The Morgan fingerprint density at radius 2 is 1.87 bits per heavy atom. The van der Waals surface area contributed by atoms with Crippen LogP contribution in [-0.4, -0.2) is 51.7 Å². The molecule has 0 fully saturated rings. The van der Waals surface area contributed by atoms with Gasteiger partial charge in [0.25, 0.3) is 0 Å². The summed E-state index contributed by atoms with van der Waals surface area (Å²) in [5.41, 5.74) is 3.06. The molecular weight excluding hydrogens is 495 g/mol. The van der Waals surface area contributed by atoms with Crippen molar-refractivity contribution in [3.05, 3.63) is 70.3 Å². The molecule has 0 saturated heterocycles. The van der Waals surface area contributed by atoms with Gasteiger partial charge in [-0.2, -0.15) is 10.0 Å². The van der Waals surface area contributed by atoms with Gasteiger partial charge in [0, 0.05) is 18.4 Å². The van der Waals surface area contributed by atoms with Crippen molar-refractivity contribution < 1.29 is 45.6 Å². The standard InChI is InChI=1S/C26H32N8O3.Na.H/c1-3-7-23-20(11-14-22(18(2)35)26(23)36)17-37-21-12-9-19(10-13-21)16-25-29-33-34(30-25)15-6-4-5-8-24-27-31-32-28-24;;/h9-14,36H,3-8,15-17H2,1-2H3,(H,27,28,31,32);;/q;+1;-1. The molecule has 0 unspecified atom stereocenters. The summed E-state index contributed by atoms with van der Waals surface area (Å²) in [6, 6.07) is 11.3. The molecule has 0 aliphatic carbocycles. The number of ether oxygens (including phenoxy) is 1. The molecule has 0 spiro atoms. The minimum Gasteiger partial charge on any atom is -1.00 e. The Kier molecular flexibility index (Phi) is 11.4. The first-order valence-corrected chi connectivity index (χ1v) is 12.6. The molecular formula is C26H33N8NaO3. The number of phenolic OH excluding ortho intramolecular Hbond substituents is 1. The molecule has 11 nitrogen and oxygen atoms in total. The monoisotopic (exact) mass is 528 g/mol. The number of unbranched alkanes of at least 4 members (excludes halogenated alkanes) is 2. The number of carbonyl (C=O) groups excluding carboxylic acids is 1. The molecule has 196 valence electrons. The van der Waals surface area contributed by atoms with Gasteiger partial charge >= 0.3 is 29.6 Å². The SMILES string of the molecule is CCCc1c(COc2ccc(Cc3nnn(CCCCCc4nn[nH]n4)n3)cc2)ccc(C(C)=O)c1O.[H-].[Na+]. The van der Waals surface area contributed by atoms with Crippen molar-refractivity contribution in [2.75, 3.05) is 0 Å². The average Bonchev–Trinajstić information content (AvgIpc) is 3.57. The second-order valence-corrected chi connectivity index (χ2v) is 8.96. The predicted octanol–water partition coefficient (Wildman–Crippen LogP) is 0.746. The number of ketones is 1. The number of aromatic nitrogens is 8. The number of carbonyl (C=O) groups is 1. The number of hydrogen-bond donors (Lipinski definition) is 2.